The molecule has 0 spiro atoms. The predicted molar refractivity (Wildman–Crippen MR) is 114 cm³/mol. The molecule has 0 saturated carbocycles. The van der Waals surface area contributed by atoms with Crippen LogP contribution in [0.3, 0.4) is 0 Å². The first kappa shape index (κ1) is 20.6. The minimum atomic E-state index is -0.355. The van der Waals surface area contributed by atoms with Crippen LogP contribution in [0, 0.1) is 5.82 Å². The van der Waals surface area contributed by atoms with Crippen LogP contribution < -0.4 is 15.6 Å². The fourth-order valence-corrected chi connectivity index (χ4v) is 3.71. The number of nitrogens with one attached hydrogen (secondary N) is 1. The summed E-state index contributed by atoms with van der Waals surface area (Å²) in [7, 11) is 1.54. The number of hydrogen-bond acceptors (Lipinski definition) is 6. The van der Waals surface area contributed by atoms with Gasteiger partial charge in [-0.15, -0.1) is 10.2 Å². The van der Waals surface area contributed by atoms with Crippen molar-refractivity contribution in [3.05, 3.63) is 82.7 Å². The molecule has 0 aliphatic carbocycles. The average Bonchev–Trinajstić information content (AvgIpc) is 3.21. The molecule has 0 fully saturated rings. The molecule has 0 aliphatic rings. The third kappa shape index (κ3) is 4.43. The Balaban J connectivity index is 1.47. The normalized spacial score (nSPS) is 10.9. The smallest absolute Gasteiger partial charge is 0.300 e. The van der Waals surface area contributed by atoms with E-state index in [1.165, 1.54) is 23.8 Å². The van der Waals surface area contributed by atoms with E-state index >= 15 is 0 Å². The summed E-state index contributed by atoms with van der Waals surface area (Å²) < 4.78 is 21.3. The van der Waals surface area contributed by atoms with Crippen LogP contribution in [0.1, 0.15) is 5.56 Å². The van der Waals surface area contributed by atoms with Crippen LogP contribution in [0.25, 0.3) is 11.3 Å². The number of amides is 1. The van der Waals surface area contributed by atoms with E-state index in [-0.39, 0.29) is 28.7 Å². The minimum absolute atomic E-state index is 0.0948. The highest BCUT2D eigenvalue weighted by atomic mass is 32.2. The molecular formula is C21H18FN5O3S. The first-order chi connectivity index (χ1) is 15.1. The van der Waals surface area contributed by atoms with Crippen LogP contribution in [-0.2, 0) is 11.3 Å². The third-order valence-electron chi connectivity index (χ3n) is 4.52. The SMILES string of the molecule is COc1ccccc1-n1ccn2c(SCC(=O)NCc3ccc(F)cc3)nnc2c1=O. The molecule has 0 bridgehead atoms. The zero-order chi connectivity index (χ0) is 21.8. The molecule has 4 aromatic rings. The Labute approximate surface area is 180 Å². The Hall–Kier alpha value is -3.66. The lowest BCUT2D eigenvalue weighted by Crippen LogP contribution is -2.24. The Morgan fingerprint density at radius 1 is 1.13 bits per heavy atom. The van der Waals surface area contributed by atoms with Gasteiger partial charge in [-0.2, -0.15) is 0 Å². The van der Waals surface area contributed by atoms with Gasteiger partial charge in [-0.05, 0) is 29.8 Å². The topological polar surface area (TPSA) is 90.5 Å². The molecule has 0 aliphatic heterocycles. The van der Waals surface area contributed by atoms with E-state index in [2.05, 4.69) is 15.5 Å². The molecule has 158 valence electrons. The number of halogens is 1. The summed E-state index contributed by atoms with van der Waals surface area (Å²) in [5.74, 6) is 0.112. The van der Waals surface area contributed by atoms with Crippen LogP contribution >= 0.6 is 11.8 Å². The lowest BCUT2D eigenvalue weighted by atomic mass is 10.2. The van der Waals surface area contributed by atoms with Crippen molar-refractivity contribution >= 4 is 23.3 Å². The van der Waals surface area contributed by atoms with E-state index in [1.807, 2.05) is 12.1 Å². The molecule has 4 rings (SSSR count). The third-order valence-corrected chi connectivity index (χ3v) is 5.46. The molecule has 10 heteroatoms. The highest BCUT2D eigenvalue weighted by Crippen LogP contribution is 2.21. The maximum absolute atomic E-state index is 12.9. The molecule has 0 atom stereocenters. The van der Waals surface area contributed by atoms with Gasteiger partial charge < -0.3 is 10.1 Å². The van der Waals surface area contributed by atoms with E-state index < -0.39 is 0 Å². The van der Waals surface area contributed by atoms with Crippen LogP contribution in [0.4, 0.5) is 4.39 Å². The molecule has 2 aromatic carbocycles. The number of rotatable bonds is 7. The summed E-state index contributed by atoms with van der Waals surface area (Å²) in [6.07, 6.45) is 3.27. The Bertz CT molecular complexity index is 1290. The zero-order valence-electron chi connectivity index (χ0n) is 16.5. The van der Waals surface area contributed by atoms with E-state index in [0.717, 1.165) is 17.3 Å². The maximum Gasteiger partial charge on any atom is 0.300 e. The van der Waals surface area contributed by atoms with Gasteiger partial charge in [0.05, 0.1) is 18.6 Å². The maximum atomic E-state index is 12.9. The number of fused-ring (bicyclic) bond motifs is 1. The molecule has 0 radical (unpaired) electrons. The number of ether oxygens (including phenoxy) is 1. The molecule has 2 aromatic heterocycles. The number of hydrogen-bond donors (Lipinski definition) is 1. The predicted octanol–water partition coefficient (Wildman–Crippen LogP) is 2.44. The highest BCUT2D eigenvalue weighted by Gasteiger charge is 2.15. The van der Waals surface area contributed by atoms with Crippen molar-refractivity contribution in [2.45, 2.75) is 11.7 Å². The second-order valence-electron chi connectivity index (χ2n) is 6.51. The summed E-state index contributed by atoms with van der Waals surface area (Å²) in [6, 6.07) is 13.1. The number of thioether (sulfide) groups is 1. The van der Waals surface area contributed by atoms with Crippen molar-refractivity contribution < 1.29 is 13.9 Å². The Morgan fingerprint density at radius 3 is 2.68 bits per heavy atom. The monoisotopic (exact) mass is 439 g/mol. The van der Waals surface area contributed by atoms with Crippen molar-refractivity contribution in [3.63, 3.8) is 0 Å². The summed E-state index contributed by atoms with van der Waals surface area (Å²) in [5, 5.41) is 11.2. The molecule has 0 saturated heterocycles. The second-order valence-corrected chi connectivity index (χ2v) is 7.46. The second kappa shape index (κ2) is 9.00. The van der Waals surface area contributed by atoms with Crippen LogP contribution in [-0.4, -0.2) is 37.9 Å². The van der Waals surface area contributed by atoms with Crippen molar-refractivity contribution in [3.8, 4) is 11.4 Å². The largest absolute Gasteiger partial charge is 0.495 e. The molecule has 0 unspecified atom stereocenters. The van der Waals surface area contributed by atoms with Crippen LogP contribution in [0.15, 0.2) is 70.9 Å². The van der Waals surface area contributed by atoms with Crippen LogP contribution in [0.5, 0.6) is 5.75 Å². The number of benzene rings is 2. The van der Waals surface area contributed by atoms with Gasteiger partial charge in [-0.25, -0.2) is 4.39 Å². The first-order valence-corrected chi connectivity index (χ1v) is 10.3. The fraction of sp³-hybridized carbons (Fsp3) is 0.143. The summed E-state index contributed by atoms with van der Waals surface area (Å²) >= 11 is 1.16. The molecule has 8 nitrogen and oxygen atoms in total. The fourth-order valence-electron chi connectivity index (χ4n) is 2.97. The van der Waals surface area contributed by atoms with E-state index in [0.29, 0.717) is 23.1 Å². The van der Waals surface area contributed by atoms with Gasteiger partial charge in [0.25, 0.3) is 0 Å². The van der Waals surface area contributed by atoms with Gasteiger partial charge >= 0.3 is 5.56 Å². The van der Waals surface area contributed by atoms with Crippen molar-refractivity contribution in [1.82, 2.24) is 24.5 Å². The number of carbonyl (C=O) groups excluding carboxylic acids is 1. The van der Waals surface area contributed by atoms with Gasteiger partial charge in [0.2, 0.25) is 11.6 Å². The molecule has 2 heterocycles. The summed E-state index contributed by atoms with van der Waals surface area (Å²) in [4.78, 5) is 25.0. The zero-order valence-corrected chi connectivity index (χ0v) is 17.3. The number of aromatic nitrogens is 4. The van der Waals surface area contributed by atoms with Crippen molar-refractivity contribution in [2.24, 2.45) is 0 Å². The van der Waals surface area contributed by atoms with Gasteiger partial charge in [0.15, 0.2) is 5.16 Å². The van der Waals surface area contributed by atoms with Crippen molar-refractivity contribution in [1.29, 1.82) is 0 Å². The molecule has 1 amide bonds. The van der Waals surface area contributed by atoms with Gasteiger partial charge in [0, 0.05) is 18.9 Å². The average molecular weight is 439 g/mol. The van der Waals surface area contributed by atoms with Crippen LogP contribution in [0.2, 0.25) is 0 Å². The number of carbonyl (C=O) groups is 1. The van der Waals surface area contributed by atoms with Gasteiger partial charge in [-0.1, -0.05) is 36.0 Å². The molecular weight excluding hydrogens is 421 g/mol. The Morgan fingerprint density at radius 2 is 1.90 bits per heavy atom. The minimum Gasteiger partial charge on any atom is -0.495 e. The lowest BCUT2D eigenvalue weighted by Gasteiger charge is -2.10. The number of para-hydroxylation sites is 2. The van der Waals surface area contributed by atoms with E-state index in [1.54, 1.807) is 41.1 Å². The molecule has 31 heavy (non-hydrogen) atoms. The highest BCUT2D eigenvalue weighted by molar-refractivity contribution is 7.99. The molecule has 1 N–H and O–H groups in total. The standard InChI is InChI=1S/C21H18FN5O3S/c1-30-17-5-3-2-4-16(17)26-10-11-27-19(20(26)29)24-25-21(27)31-13-18(28)23-12-14-6-8-15(22)9-7-14/h2-11H,12-13H2,1H3,(H,23,28). The van der Waals surface area contributed by atoms with E-state index in [9.17, 15) is 14.0 Å². The first-order valence-electron chi connectivity index (χ1n) is 9.30. The number of nitrogens with zero attached hydrogens (tertiary/aromatic N) is 4. The van der Waals surface area contributed by atoms with Gasteiger partial charge in [0.1, 0.15) is 11.6 Å². The number of methoxy groups -OCH3 is 1. The quantitative estimate of drug-likeness (QED) is 0.445. The van der Waals surface area contributed by atoms with E-state index in [4.69, 9.17) is 4.74 Å². The summed E-state index contributed by atoms with van der Waals surface area (Å²) in [6.45, 7) is 0.296. The van der Waals surface area contributed by atoms with Gasteiger partial charge in [-0.3, -0.25) is 18.6 Å². The lowest BCUT2D eigenvalue weighted by molar-refractivity contribution is -0.118. The van der Waals surface area contributed by atoms with Crippen molar-refractivity contribution in [2.75, 3.05) is 12.9 Å². The summed E-state index contributed by atoms with van der Waals surface area (Å²) in [5.41, 5.74) is 1.18. The Kier molecular flexibility index (Phi) is 5.99.